The van der Waals surface area contributed by atoms with Gasteiger partial charge in [0.2, 0.25) is 5.75 Å². The maximum absolute atomic E-state index is 12.6. The van der Waals surface area contributed by atoms with Gasteiger partial charge in [-0.05, 0) is 45.0 Å². The molecule has 1 aromatic heterocycles. The Kier molecular flexibility index (Phi) is 6.82. The summed E-state index contributed by atoms with van der Waals surface area (Å²) in [6.45, 7) is 6.99. The zero-order valence-electron chi connectivity index (χ0n) is 14.5. The molecule has 1 aromatic carbocycles. The summed E-state index contributed by atoms with van der Waals surface area (Å²) in [5.74, 6) is 1.18. The van der Waals surface area contributed by atoms with E-state index < -0.39 is 0 Å². The van der Waals surface area contributed by atoms with Crippen LogP contribution >= 0.6 is 12.2 Å². The van der Waals surface area contributed by atoms with Gasteiger partial charge in [0.1, 0.15) is 4.64 Å². The van der Waals surface area contributed by atoms with Crippen molar-refractivity contribution in [3.8, 4) is 17.2 Å². The van der Waals surface area contributed by atoms with Gasteiger partial charge in [-0.2, -0.15) is 0 Å². The van der Waals surface area contributed by atoms with Crippen LogP contribution in [0.4, 0.5) is 5.69 Å². The van der Waals surface area contributed by atoms with Gasteiger partial charge in [0.15, 0.2) is 11.5 Å². The van der Waals surface area contributed by atoms with E-state index in [-0.39, 0.29) is 5.91 Å². The van der Waals surface area contributed by atoms with Crippen LogP contribution in [-0.2, 0) is 0 Å². The minimum absolute atomic E-state index is 0.282. The molecule has 7 heteroatoms. The Hall–Kier alpha value is -2.54. The third-order valence-corrected chi connectivity index (χ3v) is 3.47. The number of pyridine rings is 1. The number of aromatic amines is 1. The van der Waals surface area contributed by atoms with E-state index in [1.807, 2.05) is 20.8 Å². The fourth-order valence-corrected chi connectivity index (χ4v) is 2.34. The van der Waals surface area contributed by atoms with Crippen molar-refractivity contribution < 1.29 is 19.0 Å². The first-order chi connectivity index (χ1) is 12.1. The molecule has 1 amide bonds. The summed E-state index contributed by atoms with van der Waals surface area (Å²) in [5, 5.41) is 2.81. The van der Waals surface area contributed by atoms with Crippen LogP contribution < -0.4 is 19.5 Å². The highest BCUT2D eigenvalue weighted by atomic mass is 32.1. The Balaban J connectivity index is 2.36. The van der Waals surface area contributed by atoms with Gasteiger partial charge in [-0.15, -0.1) is 0 Å². The number of carbonyl (C=O) groups is 1. The van der Waals surface area contributed by atoms with Crippen LogP contribution in [0.3, 0.4) is 0 Å². The molecular formula is C18H22N2O4S. The molecule has 2 rings (SSSR count). The third-order valence-electron chi connectivity index (χ3n) is 3.21. The lowest BCUT2D eigenvalue weighted by molar-refractivity contribution is 0.102. The van der Waals surface area contributed by atoms with Crippen LogP contribution in [0, 0.1) is 4.64 Å². The molecule has 0 fully saturated rings. The number of rotatable bonds is 8. The second-order valence-corrected chi connectivity index (χ2v) is 5.44. The second-order valence-electron chi connectivity index (χ2n) is 5.00. The molecule has 0 aliphatic carbocycles. The standard InChI is InChI=1S/C18H22N2O4S/c1-4-22-14-9-12(10-15(23-5-2)17(14)24-6-3)18(21)20-13-7-8-16(25)19-11-13/h7-11H,4-6H2,1-3H3,(H,19,25)(H,20,21). The lowest BCUT2D eigenvalue weighted by atomic mass is 10.1. The van der Waals surface area contributed by atoms with Crippen LogP contribution in [0.5, 0.6) is 17.2 Å². The number of hydrogen-bond acceptors (Lipinski definition) is 5. The lowest BCUT2D eigenvalue weighted by Crippen LogP contribution is -2.13. The van der Waals surface area contributed by atoms with E-state index in [1.54, 1.807) is 30.5 Å². The molecule has 134 valence electrons. The van der Waals surface area contributed by atoms with Gasteiger partial charge in [0, 0.05) is 11.8 Å². The number of ether oxygens (including phenoxy) is 3. The van der Waals surface area contributed by atoms with Gasteiger partial charge in [-0.1, -0.05) is 12.2 Å². The Bertz CT molecular complexity index is 741. The normalized spacial score (nSPS) is 10.2. The molecule has 0 bridgehead atoms. The molecule has 6 nitrogen and oxygen atoms in total. The summed E-state index contributed by atoms with van der Waals surface area (Å²) in [7, 11) is 0. The van der Waals surface area contributed by atoms with Crippen LogP contribution in [0.15, 0.2) is 30.5 Å². The SMILES string of the molecule is CCOc1cc(C(=O)Nc2ccc(=S)[nH]c2)cc(OCC)c1OCC. The third kappa shape index (κ3) is 4.96. The maximum atomic E-state index is 12.6. The molecule has 0 aliphatic heterocycles. The van der Waals surface area contributed by atoms with Gasteiger partial charge < -0.3 is 24.5 Å². The van der Waals surface area contributed by atoms with Crippen molar-refractivity contribution in [3.63, 3.8) is 0 Å². The first kappa shape index (κ1) is 18.8. The van der Waals surface area contributed by atoms with E-state index in [2.05, 4.69) is 10.3 Å². The van der Waals surface area contributed by atoms with E-state index in [0.29, 0.717) is 53.0 Å². The molecule has 0 aliphatic rings. The molecular weight excluding hydrogens is 340 g/mol. The molecule has 2 N–H and O–H groups in total. The molecule has 0 saturated carbocycles. The largest absolute Gasteiger partial charge is 0.490 e. The van der Waals surface area contributed by atoms with Gasteiger partial charge in [-0.25, -0.2) is 0 Å². The summed E-state index contributed by atoms with van der Waals surface area (Å²) in [4.78, 5) is 15.5. The summed E-state index contributed by atoms with van der Waals surface area (Å²) in [6.07, 6.45) is 1.64. The fourth-order valence-electron chi connectivity index (χ4n) is 2.21. The predicted molar refractivity (Wildman–Crippen MR) is 99.5 cm³/mol. The van der Waals surface area contributed by atoms with Crippen molar-refractivity contribution in [3.05, 3.63) is 40.7 Å². The van der Waals surface area contributed by atoms with Crippen LogP contribution in [-0.4, -0.2) is 30.7 Å². The number of hydrogen-bond donors (Lipinski definition) is 2. The summed E-state index contributed by atoms with van der Waals surface area (Å²) < 4.78 is 17.5. The fraction of sp³-hybridized carbons (Fsp3) is 0.333. The summed E-state index contributed by atoms with van der Waals surface area (Å²) in [5.41, 5.74) is 1.03. The number of anilines is 1. The van der Waals surface area contributed by atoms with Gasteiger partial charge >= 0.3 is 0 Å². The average molecular weight is 362 g/mol. The van der Waals surface area contributed by atoms with Gasteiger partial charge in [-0.3, -0.25) is 4.79 Å². The molecule has 0 spiro atoms. The van der Waals surface area contributed by atoms with E-state index in [9.17, 15) is 4.79 Å². The van der Waals surface area contributed by atoms with Crippen molar-refractivity contribution in [2.24, 2.45) is 0 Å². The van der Waals surface area contributed by atoms with E-state index in [4.69, 9.17) is 26.4 Å². The molecule has 2 aromatic rings. The van der Waals surface area contributed by atoms with E-state index in [0.717, 1.165) is 0 Å². The molecule has 0 atom stereocenters. The summed E-state index contributed by atoms with van der Waals surface area (Å²) in [6, 6.07) is 6.74. The van der Waals surface area contributed by atoms with E-state index in [1.165, 1.54) is 0 Å². The van der Waals surface area contributed by atoms with Crippen molar-refractivity contribution >= 4 is 23.8 Å². The van der Waals surface area contributed by atoms with Gasteiger partial charge in [0.25, 0.3) is 5.91 Å². The van der Waals surface area contributed by atoms with Gasteiger partial charge in [0.05, 0.1) is 25.5 Å². The highest BCUT2D eigenvalue weighted by Gasteiger charge is 2.18. The summed E-state index contributed by atoms with van der Waals surface area (Å²) >= 11 is 4.99. The van der Waals surface area contributed by atoms with Crippen molar-refractivity contribution in [2.75, 3.05) is 25.1 Å². The molecule has 25 heavy (non-hydrogen) atoms. The number of carbonyl (C=O) groups excluding carboxylic acids is 1. The Morgan fingerprint density at radius 3 is 2.12 bits per heavy atom. The highest BCUT2D eigenvalue weighted by Crippen LogP contribution is 2.39. The smallest absolute Gasteiger partial charge is 0.255 e. The van der Waals surface area contributed by atoms with Crippen LogP contribution in [0.25, 0.3) is 0 Å². The molecule has 0 unspecified atom stereocenters. The minimum atomic E-state index is -0.282. The second kappa shape index (κ2) is 9.08. The zero-order chi connectivity index (χ0) is 18.2. The minimum Gasteiger partial charge on any atom is -0.490 e. The number of nitrogens with one attached hydrogen (secondary N) is 2. The maximum Gasteiger partial charge on any atom is 0.255 e. The quantitative estimate of drug-likeness (QED) is 0.689. The van der Waals surface area contributed by atoms with Crippen LogP contribution in [0.2, 0.25) is 0 Å². The number of aromatic nitrogens is 1. The predicted octanol–water partition coefficient (Wildman–Crippen LogP) is 4.19. The van der Waals surface area contributed by atoms with Crippen molar-refractivity contribution in [1.82, 2.24) is 4.98 Å². The Labute approximate surface area is 152 Å². The first-order valence-corrected chi connectivity index (χ1v) is 8.56. The molecule has 0 radical (unpaired) electrons. The molecule has 1 heterocycles. The lowest BCUT2D eigenvalue weighted by Gasteiger charge is -2.17. The van der Waals surface area contributed by atoms with E-state index >= 15 is 0 Å². The zero-order valence-corrected chi connectivity index (χ0v) is 15.4. The monoisotopic (exact) mass is 362 g/mol. The topological polar surface area (TPSA) is 72.6 Å². The van der Waals surface area contributed by atoms with Crippen molar-refractivity contribution in [1.29, 1.82) is 0 Å². The van der Waals surface area contributed by atoms with Crippen molar-refractivity contribution in [2.45, 2.75) is 20.8 Å². The number of H-pyrrole nitrogens is 1. The number of benzene rings is 1. The Morgan fingerprint density at radius 2 is 1.64 bits per heavy atom. The Morgan fingerprint density at radius 1 is 1.04 bits per heavy atom. The highest BCUT2D eigenvalue weighted by molar-refractivity contribution is 7.71. The average Bonchev–Trinajstić information content (AvgIpc) is 2.60. The molecule has 0 saturated heterocycles. The van der Waals surface area contributed by atoms with Crippen LogP contribution in [0.1, 0.15) is 31.1 Å². The number of amides is 1. The first-order valence-electron chi connectivity index (χ1n) is 8.15.